The number of halogens is 1. The number of ether oxygens (including phenoxy) is 1. The monoisotopic (exact) mass is 399 g/mol. The van der Waals surface area contributed by atoms with Gasteiger partial charge >= 0.3 is 5.97 Å². The summed E-state index contributed by atoms with van der Waals surface area (Å²) in [6.45, 7) is 2.85. The molecule has 5 rings (SSSR count). The lowest BCUT2D eigenvalue weighted by atomic mass is 10.3. The molecule has 9 nitrogen and oxygen atoms in total. The maximum Gasteiger partial charge on any atom is 0.339 e. The average molecular weight is 399 g/mol. The van der Waals surface area contributed by atoms with Crippen molar-refractivity contribution in [1.29, 1.82) is 0 Å². The first-order valence-electron chi connectivity index (χ1n) is 9.89. The molecule has 2 N–H and O–H groups in total. The van der Waals surface area contributed by atoms with Crippen LogP contribution in [0.1, 0.15) is 48.2 Å². The number of carbonyl (C=O) groups excluding carboxylic acids is 1. The van der Waals surface area contributed by atoms with Crippen LogP contribution in [0.15, 0.2) is 18.3 Å². The van der Waals surface area contributed by atoms with E-state index in [-0.39, 0.29) is 13.2 Å². The topological polar surface area (TPSA) is 100 Å². The molecule has 2 fully saturated rings. The van der Waals surface area contributed by atoms with Crippen molar-refractivity contribution < 1.29 is 13.9 Å². The van der Waals surface area contributed by atoms with Crippen molar-refractivity contribution in [1.82, 2.24) is 24.8 Å². The van der Waals surface area contributed by atoms with Crippen molar-refractivity contribution in [3.05, 3.63) is 29.6 Å². The maximum atomic E-state index is 13.7. The fourth-order valence-electron chi connectivity index (χ4n) is 3.56. The van der Waals surface area contributed by atoms with Crippen LogP contribution in [-0.2, 0) is 4.74 Å². The Labute approximate surface area is 166 Å². The highest BCUT2D eigenvalue weighted by atomic mass is 19.1. The number of anilines is 3. The Kier molecular flexibility index (Phi) is 4.33. The number of nitrogens with zero attached hydrogens (tertiary/aromatic N) is 5. The van der Waals surface area contributed by atoms with Gasteiger partial charge in [-0.3, -0.25) is 5.10 Å². The van der Waals surface area contributed by atoms with E-state index in [4.69, 9.17) is 4.74 Å². The summed E-state index contributed by atoms with van der Waals surface area (Å²) >= 11 is 0. The van der Waals surface area contributed by atoms with Crippen LogP contribution < -0.4 is 10.2 Å². The summed E-state index contributed by atoms with van der Waals surface area (Å²) in [6, 6.07) is 3.65. The van der Waals surface area contributed by atoms with Gasteiger partial charge in [0.05, 0.1) is 18.7 Å². The molecule has 1 aliphatic heterocycles. The van der Waals surface area contributed by atoms with Gasteiger partial charge < -0.3 is 15.0 Å². The molecule has 10 heteroatoms. The third-order valence-electron chi connectivity index (χ3n) is 5.24. The Morgan fingerprint density at radius 2 is 2.24 bits per heavy atom. The number of aromatic nitrogens is 5. The molecule has 3 aromatic heterocycles. The van der Waals surface area contributed by atoms with Crippen LogP contribution in [0.2, 0.25) is 0 Å². The second-order valence-electron chi connectivity index (χ2n) is 7.48. The molecule has 29 heavy (non-hydrogen) atoms. The minimum absolute atomic E-state index is 0.255. The molecular weight excluding hydrogens is 377 g/mol. The van der Waals surface area contributed by atoms with Gasteiger partial charge in [-0.1, -0.05) is 0 Å². The lowest BCUT2D eigenvalue weighted by Gasteiger charge is -2.16. The zero-order valence-electron chi connectivity index (χ0n) is 16.1. The van der Waals surface area contributed by atoms with Crippen LogP contribution in [0, 0.1) is 0 Å². The van der Waals surface area contributed by atoms with Gasteiger partial charge in [0.1, 0.15) is 11.7 Å². The number of hydrogen-bond donors (Lipinski definition) is 2. The number of nitrogens with one attached hydrogen (secondary N) is 2. The fourth-order valence-corrected chi connectivity index (χ4v) is 3.56. The van der Waals surface area contributed by atoms with E-state index in [9.17, 15) is 9.18 Å². The number of rotatable bonds is 6. The Bertz CT molecular complexity index is 1060. The molecule has 1 aliphatic carbocycles. The van der Waals surface area contributed by atoms with Crippen LogP contribution in [0.5, 0.6) is 0 Å². The van der Waals surface area contributed by atoms with Gasteiger partial charge in [-0.25, -0.2) is 13.7 Å². The molecule has 152 valence electrons. The van der Waals surface area contributed by atoms with Gasteiger partial charge in [-0.2, -0.15) is 10.1 Å². The predicted molar refractivity (Wildman–Crippen MR) is 105 cm³/mol. The summed E-state index contributed by atoms with van der Waals surface area (Å²) in [5.74, 6) is 1.67. The highest BCUT2D eigenvalue weighted by molar-refractivity contribution is 5.92. The molecule has 0 bridgehead atoms. The smallest absolute Gasteiger partial charge is 0.339 e. The number of H-pyrrole nitrogens is 1. The molecule has 1 atom stereocenters. The predicted octanol–water partition coefficient (Wildman–Crippen LogP) is 2.80. The molecule has 2 aliphatic rings. The second-order valence-corrected chi connectivity index (χ2v) is 7.48. The Morgan fingerprint density at radius 3 is 2.97 bits per heavy atom. The van der Waals surface area contributed by atoms with Gasteiger partial charge in [0, 0.05) is 30.4 Å². The van der Waals surface area contributed by atoms with Gasteiger partial charge in [0.2, 0.25) is 5.95 Å². The molecule has 1 saturated carbocycles. The van der Waals surface area contributed by atoms with Crippen LogP contribution >= 0.6 is 0 Å². The standard InChI is InChI=1S/C19H22FN7O2/c1-2-29-18(28)12-7-15-17(21-16-8-14(23-24-16)11-3-4-11)22-19(25-27(15)9-12)26-6-5-13(20)10-26/h7-9,11,13H,2-6,10H2,1H3,(H2,21,22,23,24,25)/t13-/m0/s1. The summed E-state index contributed by atoms with van der Waals surface area (Å²) in [4.78, 5) is 18.6. The Balaban J connectivity index is 1.53. The average Bonchev–Trinajstić information content (AvgIpc) is 3.10. The zero-order chi connectivity index (χ0) is 20.0. The van der Waals surface area contributed by atoms with E-state index in [0.717, 1.165) is 5.69 Å². The van der Waals surface area contributed by atoms with Gasteiger partial charge in [0.25, 0.3) is 0 Å². The van der Waals surface area contributed by atoms with Crippen molar-refractivity contribution in [2.75, 3.05) is 29.9 Å². The number of hydrogen-bond acceptors (Lipinski definition) is 7. The zero-order valence-corrected chi connectivity index (χ0v) is 16.1. The highest BCUT2D eigenvalue weighted by Crippen LogP contribution is 2.39. The van der Waals surface area contributed by atoms with Crippen molar-refractivity contribution in [2.45, 2.75) is 38.3 Å². The van der Waals surface area contributed by atoms with Crippen LogP contribution in [-0.4, -0.2) is 56.6 Å². The van der Waals surface area contributed by atoms with E-state index >= 15 is 0 Å². The first-order chi connectivity index (χ1) is 14.1. The Hall–Kier alpha value is -3.17. The molecular formula is C19H22FN7O2. The molecule has 0 radical (unpaired) electrons. The van der Waals surface area contributed by atoms with Gasteiger partial charge in [-0.15, -0.1) is 5.10 Å². The molecule has 0 aromatic carbocycles. The number of alkyl halides is 1. The molecule has 0 unspecified atom stereocenters. The highest BCUT2D eigenvalue weighted by Gasteiger charge is 2.27. The Morgan fingerprint density at radius 1 is 1.38 bits per heavy atom. The lowest BCUT2D eigenvalue weighted by Crippen LogP contribution is -2.23. The van der Waals surface area contributed by atoms with Crippen LogP contribution in [0.3, 0.4) is 0 Å². The van der Waals surface area contributed by atoms with Crippen molar-refractivity contribution in [2.24, 2.45) is 0 Å². The fraction of sp³-hybridized carbons (Fsp3) is 0.474. The first-order valence-corrected chi connectivity index (χ1v) is 9.89. The second kappa shape index (κ2) is 7.02. The van der Waals surface area contributed by atoms with Gasteiger partial charge in [0.15, 0.2) is 11.6 Å². The number of fused-ring (bicyclic) bond motifs is 1. The van der Waals surface area contributed by atoms with E-state index in [1.165, 1.54) is 12.8 Å². The van der Waals surface area contributed by atoms with E-state index in [1.54, 1.807) is 28.6 Å². The SMILES string of the molecule is CCOC(=O)c1cc2c(Nc3cc(C4CC4)[nH]n3)nc(N3CC[C@H](F)C3)nn2c1. The van der Waals surface area contributed by atoms with E-state index in [2.05, 4.69) is 25.6 Å². The van der Waals surface area contributed by atoms with Crippen LogP contribution in [0.25, 0.3) is 5.52 Å². The summed E-state index contributed by atoms with van der Waals surface area (Å²) in [6.07, 6.45) is 3.51. The third kappa shape index (κ3) is 3.50. The summed E-state index contributed by atoms with van der Waals surface area (Å²) in [5, 5.41) is 15.1. The number of aromatic amines is 1. The minimum Gasteiger partial charge on any atom is -0.462 e. The van der Waals surface area contributed by atoms with Crippen molar-refractivity contribution >= 4 is 29.1 Å². The van der Waals surface area contributed by atoms with Crippen molar-refractivity contribution in [3.63, 3.8) is 0 Å². The molecule has 0 spiro atoms. The molecule has 1 saturated heterocycles. The number of esters is 1. The number of carbonyl (C=O) groups is 1. The van der Waals surface area contributed by atoms with E-state index < -0.39 is 12.1 Å². The van der Waals surface area contributed by atoms with Crippen LogP contribution in [0.4, 0.5) is 22.0 Å². The third-order valence-corrected chi connectivity index (χ3v) is 5.24. The van der Waals surface area contributed by atoms with E-state index in [1.807, 2.05) is 6.07 Å². The minimum atomic E-state index is -0.891. The summed E-state index contributed by atoms with van der Waals surface area (Å²) in [7, 11) is 0. The molecule has 4 heterocycles. The molecule has 3 aromatic rings. The summed E-state index contributed by atoms with van der Waals surface area (Å²) in [5.41, 5.74) is 2.09. The molecule has 0 amide bonds. The van der Waals surface area contributed by atoms with Crippen molar-refractivity contribution in [3.8, 4) is 0 Å². The normalized spacial score (nSPS) is 19.1. The van der Waals surface area contributed by atoms with E-state index in [0.29, 0.717) is 47.5 Å². The quantitative estimate of drug-likeness (QED) is 0.615. The first kappa shape index (κ1) is 17.9. The largest absolute Gasteiger partial charge is 0.462 e. The maximum absolute atomic E-state index is 13.7. The summed E-state index contributed by atoms with van der Waals surface area (Å²) < 4.78 is 20.4. The van der Waals surface area contributed by atoms with Gasteiger partial charge in [-0.05, 0) is 32.3 Å². The lowest BCUT2D eigenvalue weighted by molar-refractivity contribution is 0.0526.